The van der Waals surface area contributed by atoms with Crippen molar-refractivity contribution >= 4 is 34.9 Å². The zero-order valence-electron chi connectivity index (χ0n) is 9.75. The monoisotopic (exact) mass is 276 g/mol. The van der Waals surface area contributed by atoms with E-state index in [1.54, 1.807) is 17.6 Å². The Morgan fingerprint density at radius 3 is 2.83 bits per heavy atom. The van der Waals surface area contributed by atoms with Gasteiger partial charge in [-0.15, -0.1) is 11.3 Å². The topological polar surface area (TPSA) is 63.3 Å². The number of nitrogens with two attached hydrogens (primary N) is 1. The fraction of sp³-hybridized carbons (Fsp3) is 0.0833. The first kappa shape index (κ1) is 12.7. The number of nitrogens with zero attached hydrogens (tertiary/aromatic N) is 2. The van der Waals surface area contributed by atoms with Gasteiger partial charge in [-0.25, -0.2) is 4.98 Å². The maximum atomic E-state index is 5.29. The predicted octanol–water partition coefficient (Wildman–Crippen LogP) is 2.29. The summed E-state index contributed by atoms with van der Waals surface area (Å²) in [6.45, 7) is 1.95. The Labute approximate surface area is 115 Å². The van der Waals surface area contributed by atoms with Crippen LogP contribution in [-0.2, 0) is 0 Å². The maximum Gasteiger partial charge on any atom is 0.184 e. The molecule has 0 saturated carbocycles. The van der Waals surface area contributed by atoms with Crippen LogP contribution in [0.5, 0.6) is 0 Å². The fourth-order valence-corrected chi connectivity index (χ4v) is 2.38. The summed E-state index contributed by atoms with van der Waals surface area (Å²) < 4.78 is 0. The summed E-state index contributed by atoms with van der Waals surface area (Å²) in [4.78, 5) is 5.50. The summed E-state index contributed by atoms with van der Waals surface area (Å²) in [5.41, 5.74) is 9.85. The second-order valence-electron chi connectivity index (χ2n) is 3.57. The van der Waals surface area contributed by atoms with Crippen molar-refractivity contribution in [3.8, 4) is 10.6 Å². The van der Waals surface area contributed by atoms with Crippen molar-refractivity contribution in [1.29, 1.82) is 0 Å². The molecule has 0 spiro atoms. The number of hydrogen-bond donors (Lipinski definition) is 2. The van der Waals surface area contributed by atoms with Crippen molar-refractivity contribution in [3.05, 3.63) is 40.9 Å². The highest BCUT2D eigenvalue weighted by atomic mass is 32.1. The lowest BCUT2D eigenvalue weighted by molar-refractivity contribution is 1.04. The highest BCUT2D eigenvalue weighted by Gasteiger charge is 2.07. The third-order valence-corrected chi connectivity index (χ3v) is 3.44. The Kier molecular flexibility index (Phi) is 4.01. The minimum Gasteiger partial charge on any atom is -0.375 e. The van der Waals surface area contributed by atoms with Gasteiger partial charge in [0.25, 0.3) is 0 Å². The minimum absolute atomic E-state index is 0.150. The van der Waals surface area contributed by atoms with E-state index in [1.807, 2.05) is 37.3 Å². The van der Waals surface area contributed by atoms with E-state index in [0.717, 1.165) is 21.1 Å². The molecular weight excluding hydrogens is 264 g/mol. The molecule has 0 aliphatic carbocycles. The molecule has 0 bridgehead atoms. The van der Waals surface area contributed by atoms with E-state index in [4.69, 9.17) is 5.73 Å². The van der Waals surface area contributed by atoms with E-state index < -0.39 is 0 Å². The van der Waals surface area contributed by atoms with Crippen LogP contribution >= 0.6 is 23.6 Å². The lowest BCUT2D eigenvalue weighted by Crippen LogP contribution is -2.23. The van der Waals surface area contributed by atoms with Gasteiger partial charge in [-0.05, 0) is 19.1 Å². The first-order valence-electron chi connectivity index (χ1n) is 5.28. The molecule has 18 heavy (non-hydrogen) atoms. The molecule has 4 nitrogen and oxygen atoms in total. The lowest BCUT2D eigenvalue weighted by atomic mass is 10.2. The summed E-state index contributed by atoms with van der Waals surface area (Å²) in [5, 5.41) is 5.06. The number of hydrazone groups is 1. The Morgan fingerprint density at radius 1 is 1.44 bits per heavy atom. The minimum atomic E-state index is 0.150. The third-order valence-electron chi connectivity index (χ3n) is 2.21. The van der Waals surface area contributed by atoms with Crippen molar-refractivity contribution in [2.75, 3.05) is 0 Å². The first-order chi connectivity index (χ1) is 8.66. The van der Waals surface area contributed by atoms with E-state index >= 15 is 0 Å². The number of thiazole rings is 1. The highest BCUT2D eigenvalue weighted by Crippen LogP contribution is 2.26. The van der Waals surface area contributed by atoms with Crippen LogP contribution in [-0.4, -0.2) is 16.3 Å². The smallest absolute Gasteiger partial charge is 0.184 e. The van der Waals surface area contributed by atoms with E-state index in [2.05, 4.69) is 27.7 Å². The number of nitrogens with one attached hydrogen (secondary N) is 1. The number of benzene rings is 1. The average Bonchev–Trinajstić information content (AvgIpc) is 2.72. The van der Waals surface area contributed by atoms with Gasteiger partial charge in [-0.1, -0.05) is 30.3 Å². The molecular formula is C12H12N4S2. The number of aryl methyl sites for hydroxylation is 1. The number of hydrogen-bond acceptors (Lipinski definition) is 4. The quantitative estimate of drug-likeness (QED) is 0.513. The van der Waals surface area contributed by atoms with Gasteiger partial charge in [0.2, 0.25) is 0 Å². The van der Waals surface area contributed by atoms with Gasteiger partial charge < -0.3 is 5.73 Å². The van der Waals surface area contributed by atoms with Gasteiger partial charge in [0, 0.05) is 5.56 Å². The second-order valence-corrected chi connectivity index (χ2v) is 5.04. The molecule has 3 N–H and O–H groups in total. The van der Waals surface area contributed by atoms with Crippen LogP contribution in [0.1, 0.15) is 10.6 Å². The first-order valence-corrected chi connectivity index (χ1v) is 6.50. The van der Waals surface area contributed by atoms with Crippen molar-refractivity contribution in [2.24, 2.45) is 10.8 Å². The zero-order chi connectivity index (χ0) is 13.0. The van der Waals surface area contributed by atoms with Gasteiger partial charge in [0.05, 0.1) is 16.8 Å². The van der Waals surface area contributed by atoms with Crippen LogP contribution in [0.25, 0.3) is 10.6 Å². The summed E-state index contributed by atoms with van der Waals surface area (Å²) in [6, 6.07) is 10.0. The van der Waals surface area contributed by atoms with Crippen molar-refractivity contribution in [3.63, 3.8) is 0 Å². The predicted molar refractivity (Wildman–Crippen MR) is 79.8 cm³/mol. The molecule has 0 radical (unpaired) electrons. The van der Waals surface area contributed by atoms with Gasteiger partial charge >= 0.3 is 0 Å². The van der Waals surface area contributed by atoms with E-state index in [0.29, 0.717) is 0 Å². The Bertz CT molecular complexity index is 575. The number of thiocarbonyl (C=S) groups is 1. The maximum absolute atomic E-state index is 5.29. The highest BCUT2D eigenvalue weighted by molar-refractivity contribution is 7.80. The van der Waals surface area contributed by atoms with Gasteiger partial charge in [-0.3, -0.25) is 5.43 Å². The van der Waals surface area contributed by atoms with E-state index in [-0.39, 0.29) is 5.11 Å². The summed E-state index contributed by atoms with van der Waals surface area (Å²) in [6.07, 6.45) is 1.68. The van der Waals surface area contributed by atoms with Gasteiger partial charge in [-0.2, -0.15) is 5.10 Å². The molecule has 6 heteroatoms. The summed E-state index contributed by atoms with van der Waals surface area (Å²) in [7, 11) is 0. The van der Waals surface area contributed by atoms with Gasteiger partial charge in [0.1, 0.15) is 5.01 Å². The molecule has 1 aromatic heterocycles. The van der Waals surface area contributed by atoms with E-state index in [9.17, 15) is 0 Å². The van der Waals surface area contributed by atoms with Crippen molar-refractivity contribution in [2.45, 2.75) is 6.92 Å². The van der Waals surface area contributed by atoms with Gasteiger partial charge in [0.15, 0.2) is 5.11 Å². The number of rotatable bonds is 3. The molecule has 1 aromatic carbocycles. The van der Waals surface area contributed by atoms with E-state index in [1.165, 1.54) is 0 Å². The second kappa shape index (κ2) is 5.70. The molecule has 0 atom stereocenters. The molecule has 0 amide bonds. The zero-order valence-corrected chi connectivity index (χ0v) is 11.4. The summed E-state index contributed by atoms with van der Waals surface area (Å²) in [5.74, 6) is 0. The lowest BCUT2D eigenvalue weighted by Gasteiger charge is -1.93. The Morgan fingerprint density at radius 2 is 2.17 bits per heavy atom. The average molecular weight is 276 g/mol. The van der Waals surface area contributed by atoms with Crippen molar-refractivity contribution < 1.29 is 0 Å². The van der Waals surface area contributed by atoms with Crippen LogP contribution in [0.4, 0.5) is 0 Å². The molecule has 0 aliphatic rings. The van der Waals surface area contributed by atoms with Crippen LogP contribution in [0.15, 0.2) is 35.4 Å². The number of aromatic nitrogens is 1. The van der Waals surface area contributed by atoms with Crippen molar-refractivity contribution in [1.82, 2.24) is 10.4 Å². The molecule has 2 aromatic rings. The fourth-order valence-electron chi connectivity index (χ4n) is 1.39. The SMILES string of the molecule is Cc1nc(-c2ccccc2)sc1C=NNC(N)=S. The third kappa shape index (κ3) is 3.12. The largest absolute Gasteiger partial charge is 0.375 e. The Hall–Kier alpha value is -1.79. The Balaban J connectivity index is 2.22. The molecule has 1 heterocycles. The standard InChI is InChI=1S/C12H12N4S2/c1-8-10(7-14-16-12(13)17)18-11(15-8)9-5-3-2-4-6-9/h2-7H,1H3,(H3,13,16,17). The van der Waals surface area contributed by atoms with Crippen LogP contribution < -0.4 is 11.2 Å². The normalized spacial score (nSPS) is 10.7. The molecule has 0 aliphatic heterocycles. The summed E-state index contributed by atoms with van der Waals surface area (Å²) >= 11 is 6.25. The molecule has 0 fully saturated rings. The van der Waals surface area contributed by atoms with Crippen LogP contribution in [0.3, 0.4) is 0 Å². The molecule has 2 rings (SSSR count). The van der Waals surface area contributed by atoms with Crippen LogP contribution in [0, 0.1) is 6.92 Å². The van der Waals surface area contributed by atoms with Crippen LogP contribution in [0.2, 0.25) is 0 Å². The molecule has 0 unspecified atom stereocenters. The molecule has 0 saturated heterocycles. The molecule has 92 valence electrons.